The van der Waals surface area contributed by atoms with Gasteiger partial charge >= 0.3 is 0 Å². The maximum Gasteiger partial charge on any atom is 0.258 e. The SMILES string of the molecule is CCCN(CCC)C(=O)c1ccc(NC(=S)NC(=O)c2ccccc2Cl)cc1. The molecule has 28 heavy (non-hydrogen) atoms. The van der Waals surface area contributed by atoms with Crippen molar-refractivity contribution >= 4 is 46.4 Å². The number of halogens is 1. The molecule has 0 spiro atoms. The van der Waals surface area contributed by atoms with Crippen molar-refractivity contribution < 1.29 is 9.59 Å². The van der Waals surface area contributed by atoms with Gasteiger partial charge in [0, 0.05) is 24.3 Å². The van der Waals surface area contributed by atoms with Gasteiger partial charge in [0.15, 0.2) is 5.11 Å². The molecule has 0 unspecified atom stereocenters. The third-order valence-electron chi connectivity index (χ3n) is 4.01. The Morgan fingerprint density at radius 3 is 2.18 bits per heavy atom. The van der Waals surface area contributed by atoms with Crippen molar-refractivity contribution in [3.8, 4) is 0 Å². The number of nitrogens with zero attached hydrogens (tertiary/aromatic N) is 1. The monoisotopic (exact) mass is 417 g/mol. The van der Waals surface area contributed by atoms with Gasteiger partial charge in [-0.25, -0.2) is 0 Å². The summed E-state index contributed by atoms with van der Waals surface area (Å²) in [5, 5.41) is 6.05. The van der Waals surface area contributed by atoms with Crippen LogP contribution in [-0.4, -0.2) is 34.9 Å². The van der Waals surface area contributed by atoms with E-state index < -0.39 is 0 Å². The van der Waals surface area contributed by atoms with Gasteiger partial charge in [0.2, 0.25) is 0 Å². The van der Waals surface area contributed by atoms with Gasteiger partial charge in [-0.15, -0.1) is 0 Å². The fourth-order valence-corrected chi connectivity index (χ4v) is 3.14. The minimum Gasteiger partial charge on any atom is -0.339 e. The first kappa shape index (κ1) is 21.9. The van der Waals surface area contributed by atoms with Gasteiger partial charge in [0.25, 0.3) is 11.8 Å². The molecule has 0 saturated carbocycles. The summed E-state index contributed by atoms with van der Waals surface area (Å²) in [6, 6.07) is 13.8. The maximum absolute atomic E-state index is 12.6. The normalized spacial score (nSPS) is 10.2. The van der Waals surface area contributed by atoms with E-state index in [1.807, 2.05) is 4.90 Å². The molecule has 7 heteroatoms. The van der Waals surface area contributed by atoms with Crippen LogP contribution in [-0.2, 0) is 0 Å². The molecule has 0 aliphatic rings. The van der Waals surface area contributed by atoms with Crippen molar-refractivity contribution in [2.24, 2.45) is 0 Å². The molecule has 148 valence electrons. The molecule has 2 N–H and O–H groups in total. The number of nitrogens with one attached hydrogen (secondary N) is 2. The van der Waals surface area contributed by atoms with Gasteiger partial charge < -0.3 is 10.2 Å². The molecular weight excluding hydrogens is 394 g/mol. The lowest BCUT2D eigenvalue weighted by Gasteiger charge is -2.21. The molecule has 0 aliphatic carbocycles. The van der Waals surface area contributed by atoms with Crippen LogP contribution in [0.4, 0.5) is 5.69 Å². The van der Waals surface area contributed by atoms with Crippen LogP contribution in [0.5, 0.6) is 0 Å². The van der Waals surface area contributed by atoms with Gasteiger partial charge in [-0.1, -0.05) is 37.6 Å². The van der Waals surface area contributed by atoms with Crippen LogP contribution in [0, 0.1) is 0 Å². The van der Waals surface area contributed by atoms with Gasteiger partial charge in [-0.2, -0.15) is 0 Å². The van der Waals surface area contributed by atoms with Crippen molar-refractivity contribution in [3.05, 3.63) is 64.7 Å². The molecule has 2 aromatic rings. The molecule has 0 aliphatic heterocycles. The zero-order chi connectivity index (χ0) is 20.5. The summed E-state index contributed by atoms with van der Waals surface area (Å²) in [5.74, 6) is -0.366. The summed E-state index contributed by atoms with van der Waals surface area (Å²) < 4.78 is 0. The predicted octanol–water partition coefficient (Wildman–Crippen LogP) is 4.73. The van der Waals surface area contributed by atoms with E-state index in [1.165, 1.54) is 0 Å². The van der Waals surface area contributed by atoms with Gasteiger partial charge in [0.1, 0.15) is 0 Å². The fourth-order valence-electron chi connectivity index (χ4n) is 2.71. The Bertz CT molecular complexity index is 834. The average Bonchev–Trinajstić information content (AvgIpc) is 2.68. The molecule has 0 atom stereocenters. The second-order valence-electron chi connectivity index (χ2n) is 6.26. The van der Waals surface area contributed by atoms with Crippen LogP contribution in [0.2, 0.25) is 5.02 Å². The average molecular weight is 418 g/mol. The number of rotatable bonds is 7. The molecule has 0 aromatic heterocycles. The van der Waals surface area contributed by atoms with Crippen LogP contribution < -0.4 is 10.6 Å². The third kappa shape index (κ3) is 6.04. The Morgan fingerprint density at radius 2 is 1.61 bits per heavy atom. The number of amides is 2. The molecule has 0 fully saturated rings. The minimum atomic E-state index is -0.385. The minimum absolute atomic E-state index is 0.0184. The van der Waals surface area contributed by atoms with E-state index in [-0.39, 0.29) is 16.9 Å². The van der Waals surface area contributed by atoms with Crippen molar-refractivity contribution in [1.82, 2.24) is 10.2 Å². The molecule has 0 heterocycles. The van der Waals surface area contributed by atoms with E-state index >= 15 is 0 Å². The molecule has 0 saturated heterocycles. The Kier molecular flexibility index (Phi) is 8.42. The number of hydrogen-bond donors (Lipinski definition) is 2. The van der Waals surface area contributed by atoms with Crippen molar-refractivity contribution in [2.45, 2.75) is 26.7 Å². The summed E-state index contributed by atoms with van der Waals surface area (Å²) in [7, 11) is 0. The molecule has 0 bridgehead atoms. The highest BCUT2D eigenvalue weighted by Gasteiger charge is 2.14. The van der Waals surface area contributed by atoms with Crippen molar-refractivity contribution in [3.63, 3.8) is 0 Å². The zero-order valence-electron chi connectivity index (χ0n) is 16.0. The lowest BCUT2D eigenvalue weighted by atomic mass is 10.1. The number of benzene rings is 2. The third-order valence-corrected chi connectivity index (χ3v) is 4.54. The van der Waals surface area contributed by atoms with Crippen molar-refractivity contribution in [2.75, 3.05) is 18.4 Å². The van der Waals surface area contributed by atoms with Gasteiger partial charge in [-0.3, -0.25) is 14.9 Å². The molecule has 2 amide bonds. The number of carbonyl (C=O) groups excluding carboxylic acids is 2. The number of hydrogen-bond acceptors (Lipinski definition) is 3. The number of carbonyl (C=O) groups is 2. The second kappa shape index (κ2) is 10.8. The smallest absolute Gasteiger partial charge is 0.258 e. The summed E-state index contributed by atoms with van der Waals surface area (Å²) in [5.41, 5.74) is 1.65. The van der Waals surface area contributed by atoms with Crippen LogP contribution >= 0.6 is 23.8 Å². The van der Waals surface area contributed by atoms with E-state index in [4.69, 9.17) is 23.8 Å². The second-order valence-corrected chi connectivity index (χ2v) is 7.07. The molecule has 2 aromatic carbocycles. The largest absolute Gasteiger partial charge is 0.339 e. The fraction of sp³-hybridized carbons (Fsp3) is 0.286. The lowest BCUT2D eigenvalue weighted by molar-refractivity contribution is 0.0755. The van der Waals surface area contributed by atoms with Gasteiger partial charge in [0.05, 0.1) is 10.6 Å². The quantitative estimate of drug-likeness (QED) is 0.639. The molecular formula is C21H24ClN3O2S. The summed E-state index contributed by atoms with van der Waals surface area (Å²) in [6.45, 7) is 5.59. The highest BCUT2D eigenvalue weighted by atomic mass is 35.5. The van der Waals surface area contributed by atoms with Gasteiger partial charge in [-0.05, 0) is 61.5 Å². The van der Waals surface area contributed by atoms with E-state index in [9.17, 15) is 9.59 Å². The summed E-state index contributed by atoms with van der Waals surface area (Å²) >= 11 is 11.2. The molecule has 2 rings (SSSR count). The number of anilines is 1. The van der Waals surface area contributed by atoms with Crippen LogP contribution in [0.1, 0.15) is 47.4 Å². The van der Waals surface area contributed by atoms with E-state index in [2.05, 4.69) is 24.5 Å². The van der Waals surface area contributed by atoms with Crippen LogP contribution in [0.15, 0.2) is 48.5 Å². The number of thiocarbonyl (C=S) groups is 1. The van der Waals surface area contributed by atoms with E-state index in [0.29, 0.717) is 21.8 Å². The molecule has 0 radical (unpaired) electrons. The highest BCUT2D eigenvalue weighted by molar-refractivity contribution is 7.80. The summed E-state index contributed by atoms with van der Waals surface area (Å²) in [4.78, 5) is 26.7. The topological polar surface area (TPSA) is 61.4 Å². The Labute approximate surface area is 176 Å². The van der Waals surface area contributed by atoms with Crippen LogP contribution in [0.3, 0.4) is 0 Å². The van der Waals surface area contributed by atoms with Crippen molar-refractivity contribution in [1.29, 1.82) is 0 Å². The Balaban J connectivity index is 1.98. The lowest BCUT2D eigenvalue weighted by Crippen LogP contribution is -2.34. The predicted molar refractivity (Wildman–Crippen MR) is 118 cm³/mol. The zero-order valence-corrected chi connectivity index (χ0v) is 17.6. The van der Waals surface area contributed by atoms with E-state index in [1.54, 1.807) is 48.5 Å². The van der Waals surface area contributed by atoms with E-state index in [0.717, 1.165) is 25.9 Å². The Hall–Kier alpha value is -2.44. The first-order chi connectivity index (χ1) is 13.5. The molecule has 5 nitrogen and oxygen atoms in total. The first-order valence-electron chi connectivity index (χ1n) is 9.22. The first-order valence-corrected chi connectivity index (χ1v) is 10.0. The summed E-state index contributed by atoms with van der Waals surface area (Å²) in [6.07, 6.45) is 1.84. The Morgan fingerprint density at radius 1 is 1.00 bits per heavy atom. The maximum atomic E-state index is 12.6. The van der Waals surface area contributed by atoms with Crippen LogP contribution in [0.25, 0.3) is 0 Å². The highest BCUT2D eigenvalue weighted by Crippen LogP contribution is 2.15. The standard InChI is InChI=1S/C21H24ClN3O2S/c1-3-13-25(14-4-2)20(27)15-9-11-16(12-10-15)23-21(28)24-19(26)17-7-5-6-8-18(17)22/h5-12H,3-4,13-14H2,1-2H3,(H2,23,24,26,28).